The number of nitrogens with zero attached hydrogens (tertiary/aromatic N) is 4. The van der Waals surface area contributed by atoms with Gasteiger partial charge in [0.2, 0.25) is 0 Å². The van der Waals surface area contributed by atoms with Crippen LogP contribution in [0.5, 0.6) is 0 Å². The molecule has 0 amide bonds. The Bertz CT molecular complexity index is 768. The third-order valence-corrected chi connectivity index (χ3v) is 6.31. The van der Waals surface area contributed by atoms with Crippen LogP contribution < -0.4 is 10.6 Å². The molecule has 1 atom stereocenters. The fraction of sp³-hybridized carbons (Fsp3) is 0.500. The second-order valence-corrected chi connectivity index (χ2v) is 7.74. The molecule has 5 nitrogen and oxygen atoms in total. The summed E-state index contributed by atoms with van der Waals surface area (Å²) >= 11 is 1.92. The van der Waals surface area contributed by atoms with Crippen LogP contribution in [0.4, 0.5) is 11.6 Å². The van der Waals surface area contributed by atoms with Crippen LogP contribution >= 0.6 is 11.3 Å². The molecule has 4 rings (SSSR count). The van der Waals surface area contributed by atoms with Crippen LogP contribution in [0, 0.1) is 11.3 Å². The molecule has 0 spiro atoms. The smallest absolute Gasteiger partial charge is 0.143 e. The van der Waals surface area contributed by atoms with Crippen LogP contribution in [-0.2, 0) is 12.8 Å². The van der Waals surface area contributed by atoms with Gasteiger partial charge in [0.05, 0.1) is 16.3 Å². The van der Waals surface area contributed by atoms with Crippen LogP contribution in [-0.4, -0.2) is 23.1 Å². The maximum atomic E-state index is 9.00. The zero-order chi connectivity index (χ0) is 16.5. The van der Waals surface area contributed by atoms with E-state index in [1.54, 1.807) is 6.07 Å². The van der Waals surface area contributed by atoms with Crippen LogP contribution in [0.2, 0.25) is 0 Å². The molecule has 3 heterocycles. The summed E-state index contributed by atoms with van der Waals surface area (Å²) in [5.41, 5.74) is 7.67. The monoisotopic (exact) mass is 339 g/mol. The predicted molar refractivity (Wildman–Crippen MR) is 96.3 cm³/mol. The zero-order valence-corrected chi connectivity index (χ0v) is 14.5. The molecule has 24 heavy (non-hydrogen) atoms. The second kappa shape index (κ2) is 6.40. The second-order valence-electron chi connectivity index (χ2n) is 6.63. The fourth-order valence-corrected chi connectivity index (χ4v) is 4.95. The number of aryl methyl sites for hydroxylation is 2. The number of rotatable bonds is 2. The molecule has 0 radical (unpaired) electrons. The molecule has 124 valence electrons. The lowest BCUT2D eigenvalue weighted by atomic mass is 9.98. The average Bonchev–Trinajstić information content (AvgIpc) is 3.06. The van der Waals surface area contributed by atoms with Crippen LogP contribution in [0.3, 0.4) is 0 Å². The van der Waals surface area contributed by atoms with Gasteiger partial charge in [-0.15, -0.1) is 11.3 Å². The number of anilines is 2. The number of hydrogen-bond donors (Lipinski definition) is 1. The lowest BCUT2D eigenvalue weighted by Crippen LogP contribution is -2.35. The van der Waals surface area contributed by atoms with Crippen LogP contribution in [0.25, 0.3) is 0 Å². The maximum absolute atomic E-state index is 9.00. The number of piperidine rings is 1. The number of nitrogen functional groups attached to an aromatic ring is 1. The van der Waals surface area contributed by atoms with E-state index in [2.05, 4.69) is 16.0 Å². The molecule has 0 aromatic carbocycles. The first kappa shape index (κ1) is 15.4. The summed E-state index contributed by atoms with van der Waals surface area (Å²) < 4.78 is 0. The third-order valence-electron chi connectivity index (χ3n) is 4.99. The van der Waals surface area contributed by atoms with Gasteiger partial charge in [-0.05, 0) is 50.7 Å². The van der Waals surface area contributed by atoms with Crippen molar-refractivity contribution in [1.82, 2.24) is 9.97 Å². The van der Waals surface area contributed by atoms with E-state index in [0.717, 1.165) is 31.7 Å². The van der Waals surface area contributed by atoms with Crippen molar-refractivity contribution in [2.45, 2.75) is 44.4 Å². The average molecular weight is 339 g/mol. The molecule has 2 aromatic heterocycles. The number of pyridine rings is 1. The topological polar surface area (TPSA) is 78.8 Å². The third kappa shape index (κ3) is 2.84. The van der Waals surface area contributed by atoms with Gasteiger partial charge >= 0.3 is 0 Å². The van der Waals surface area contributed by atoms with Gasteiger partial charge in [-0.2, -0.15) is 5.26 Å². The number of aromatic nitrogens is 2. The lowest BCUT2D eigenvalue weighted by Gasteiger charge is -2.32. The molecule has 2 aromatic rings. The largest absolute Gasteiger partial charge is 0.383 e. The Morgan fingerprint density at radius 2 is 2.08 bits per heavy atom. The molecule has 1 aliphatic heterocycles. The number of hydrogen-bond acceptors (Lipinski definition) is 6. The Morgan fingerprint density at radius 1 is 1.21 bits per heavy atom. The minimum Gasteiger partial charge on any atom is -0.383 e. The highest BCUT2D eigenvalue weighted by molar-refractivity contribution is 7.11. The standard InChI is InChI=1S/C18H21N5S/c19-10-12-7-8-16(22-17(12)20)23-9-3-4-13(11-23)18-21-14-5-1-2-6-15(14)24-18/h7-8,13H,1-6,9,11H2,(H2,20,22)/t13-/m1/s1. The van der Waals surface area contributed by atoms with E-state index < -0.39 is 0 Å². The number of nitriles is 1. The lowest BCUT2D eigenvalue weighted by molar-refractivity contribution is 0.504. The molecule has 0 bridgehead atoms. The van der Waals surface area contributed by atoms with Crippen molar-refractivity contribution in [3.8, 4) is 6.07 Å². The van der Waals surface area contributed by atoms with E-state index in [-0.39, 0.29) is 0 Å². The summed E-state index contributed by atoms with van der Waals surface area (Å²) in [5, 5.41) is 10.3. The van der Waals surface area contributed by atoms with Gasteiger partial charge in [-0.1, -0.05) is 0 Å². The van der Waals surface area contributed by atoms with Gasteiger partial charge < -0.3 is 10.6 Å². The highest BCUT2D eigenvalue weighted by Crippen LogP contribution is 2.35. The van der Waals surface area contributed by atoms with Crippen LogP contribution in [0.1, 0.15) is 52.7 Å². The summed E-state index contributed by atoms with van der Waals surface area (Å²) in [6, 6.07) is 5.75. The Labute approximate surface area is 146 Å². The van der Waals surface area contributed by atoms with Crippen molar-refractivity contribution in [3.63, 3.8) is 0 Å². The van der Waals surface area contributed by atoms with Crippen molar-refractivity contribution < 1.29 is 0 Å². The van der Waals surface area contributed by atoms with Gasteiger partial charge in [0.25, 0.3) is 0 Å². The first-order chi connectivity index (χ1) is 11.7. The molecule has 2 aliphatic rings. The molecular formula is C18H21N5S. The minimum absolute atomic E-state index is 0.321. The molecular weight excluding hydrogens is 318 g/mol. The van der Waals surface area contributed by atoms with Gasteiger partial charge in [0.1, 0.15) is 17.7 Å². The zero-order valence-electron chi connectivity index (χ0n) is 13.7. The number of thiazole rings is 1. The summed E-state index contributed by atoms with van der Waals surface area (Å²) in [7, 11) is 0. The van der Waals surface area contributed by atoms with E-state index in [9.17, 15) is 0 Å². The number of fused-ring (bicyclic) bond motifs is 1. The highest BCUT2D eigenvalue weighted by atomic mass is 32.1. The highest BCUT2D eigenvalue weighted by Gasteiger charge is 2.27. The first-order valence-electron chi connectivity index (χ1n) is 8.64. The Kier molecular flexibility index (Phi) is 4.11. The first-order valence-corrected chi connectivity index (χ1v) is 9.46. The SMILES string of the molecule is N#Cc1ccc(N2CCC[C@@H](c3nc4c(s3)CCCC4)C2)nc1N. The van der Waals surface area contributed by atoms with Crippen molar-refractivity contribution in [2.24, 2.45) is 0 Å². The van der Waals surface area contributed by atoms with Crippen LogP contribution in [0.15, 0.2) is 12.1 Å². The van der Waals surface area contributed by atoms with E-state index in [0.29, 0.717) is 17.3 Å². The summed E-state index contributed by atoms with van der Waals surface area (Å²) in [6.45, 7) is 1.92. The maximum Gasteiger partial charge on any atom is 0.143 e. The predicted octanol–water partition coefficient (Wildman–Crippen LogP) is 3.25. The Balaban J connectivity index is 1.54. The Morgan fingerprint density at radius 3 is 2.88 bits per heavy atom. The number of nitrogens with two attached hydrogens (primary N) is 1. The fourth-order valence-electron chi connectivity index (χ4n) is 3.67. The van der Waals surface area contributed by atoms with Gasteiger partial charge in [-0.25, -0.2) is 9.97 Å². The molecule has 1 aliphatic carbocycles. The molecule has 6 heteroatoms. The van der Waals surface area contributed by atoms with Gasteiger partial charge in [0.15, 0.2) is 0 Å². The molecule has 1 fully saturated rings. The van der Waals surface area contributed by atoms with Crippen molar-refractivity contribution in [2.75, 3.05) is 23.7 Å². The van der Waals surface area contributed by atoms with Crippen molar-refractivity contribution in [1.29, 1.82) is 5.26 Å². The van der Waals surface area contributed by atoms with Gasteiger partial charge in [0, 0.05) is 23.9 Å². The summed E-state index contributed by atoms with van der Waals surface area (Å²) in [5.74, 6) is 1.67. The van der Waals surface area contributed by atoms with Crippen molar-refractivity contribution >= 4 is 23.0 Å². The molecule has 1 saturated heterocycles. The van der Waals surface area contributed by atoms with Crippen molar-refractivity contribution in [3.05, 3.63) is 33.3 Å². The molecule has 2 N–H and O–H groups in total. The van der Waals surface area contributed by atoms with E-state index in [1.165, 1.54) is 41.3 Å². The quantitative estimate of drug-likeness (QED) is 0.908. The van der Waals surface area contributed by atoms with E-state index >= 15 is 0 Å². The molecule has 0 saturated carbocycles. The van der Waals surface area contributed by atoms with E-state index in [1.807, 2.05) is 17.4 Å². The summed E-state index contributed by atoms with van der Waals surface area (Å²) in [4.78, 5) is 13.2. The van der Waals surface area contributed by atoms with Gasteiger partial charge in [-0.3, -0.25) is 0 Å². The summed E-state index contributed by atoms with van der Waals surface area (Å²) in [6.07, 6.45) is 7.26. The van der Waals surface area contributed by atoms with E-state index in [4.69, 9.17) is 16.0 Å². The molecule has 0 unspecified atom stereocenters. The minimum atomic E-state index is 0.321. The Hall–Kier alpha value is -2.13. The normalized spacial score (nSPS) is 20.5.